The average Bonchev–Trinajstić information content (AvgIpc) is 2.62. The number of phenols is 1. The second kappa shape index (κ2) is 7.93. The fourth-order valence-corrected chi connectivity index (χ4v) is 4.71. The normalized spacial score (nSPS) is 25.5. The molecule has 1 aliphatic heterocycles. The Morgan fingerprint density at radius 3 is 2.69 bits per heavy atom. The zero-order chi connectivity index (χ0) is 17.3. The molecule has 2 aromatic rings. The third-order valence-electron chi connectivity index (χ3n) is 6.01. The molecule has 0 aromatic heterocycles. The van der Waals surface area contributed by atoms with Gasteiger partial charge < -0.3 is 5.11 Å². The first-order valence-electron chi connectivity index (χ1n) is 9.24. The summed E-state index contributed by atoms with van der Waals surface area (Å²) in [6.45, 7) is 2.04. The smallest absolute Gasteiger partial charge is 0.135 e. The van der Waals surface area contributed by atoms with E-state index in [0.29, 0.717) is 30.4 Å². The summed E-state index contributed by atoms with van der Waals surface area (Å²) in [4.78, 5) is 15.0. The fraction of sp³-hybridized carbons (Fsp3) is 0.409. The number of piperidine rings is 1. The number of hydrogen-bond donors (Lipinski definition) is 1. The number of Topliss-reactive ketones (excluding diaryl/α,β-unsaturated/α-hetero) is 1. The number of rotatable bonds is 4. The quantitative estimate of drug-likeness (QED) is 0.809. The van der Waals surface area contributed by atoms with Crippen molar-refractivity contribution in [2.24, 2.45) is 0 Å². The maximum absolute atomic E-state index is 12.5. The number of hydrogen-bond acceptors (Lipinski definition) is 3. The third kappa shape index (κ3) is 3.86. The lowest BCUT2D eigenvalue weighted by molar-refractivity contribution is -0.126. The molecule has 1 heterocycles. The first-order valence-corrected chi connectivity index (χ1v) is 9.24. The molecule has 0 amide bonds. The minimum atomic E-state index is -0.0814. The summed E-state index contributed by atoms with van der Waals surface area (Å²) in [5, 5.41) is 9.87. The van der Waals surface area contributed by atoms with E-state index >= 15 is 0 Å². The number of carbonyl (C=O) groups excluding carboxylic acids is 1. The van der Waals surface area contributed by atoms with Crippen molar-refractivity contribution >= 4 is 22.8 Å². The van der Waals surface area contributed by atoms with Crippen LogP contribution in [0.25, 0.3) is 0 Å². The highest BCUT2D eigenvalue weighted by Crippen LogP contribution is 2.46. The van der Waals surface area contributed by atoms with Gasteiger partial charge in [-0.15, -0.1) is 17.0 Å². The fourth-order valence-electron chi connectivity index (χ4n) is 4.71. The monoisotopic (exact) mass is 415 g/mol. The van der Waals surface area contributed by atoms with Gasteiger partial charge in [0.15, 0.2) is 0 Å². The summed E-state index contributed by atoms with van der Waals surface area (Å²) in [6, 6.07) is 18.4. The molecule has 1 N–H and O–H groups in total. The Morgan fingerprint density at radius 2 is 1.92 bits per heavy atom. The Kier molecular flexibility index (Phi) is 5.83. The largest absolute Gasteiger partial charge is 0.508 e. The van der Waals surface area contributed by atoms with Crippen LogP contribution in [0.1, 0.15) is 36.8 Å². The number of ketones is 1. The van der Waals surface area contributed by atoms with Gasteiger partial charge >= 0.3 is 0 Å². The van der Waals surface area contributed by atoms with Crippen LogP contribution in [0.4, 0.5) is 0 Å². The van der Waals surface area contributed by atoms with Crippen molar-refractivity contribution in [1.29, 1.82) is 0 Å². The molecule has 1 saturated carbocycles. The van der Waals surface area contributed by atoms with E-state index < -0.39 is 0 Å². The van der Waals surface area contributed by atoms with E-state index in [1.54, 1.807) is 6.07 Å². The predicted octanol–water partition coefficient (Wildman–Crippen LogP) is 4.28. The van der Waals surface area contributed by atoms with Crippen LogP contribution < -0.4 is 0 Å². The van der Waals surface area contributed by atoms with E-state index in [1.165, 1.54) is 5.56 Å². The van der Waals surface area contributed by atoms with Gasteiger partial charge in [0.2, 0.25) is 0 Å². The van der Waals surface area contributed by atoms with E-state index in [0.717, 1.165) is 37.9 Å². The van der Waals surface area contributed by atoms with Gasteiger partial charge in [0.05, 0.1) is 0 Å². The van der Waals surface area contributed by atoms with Gasteiger partial charge in [0.25, 0.3) is 0 Å². The topological polar surface area (TPSA) is 40.5 Å². The lowest BCUT2D eigenvalue weighted by Crippen LogP contribution is -2.54. The van der Waals surface area contributed by atoms with E-state index in [-0.39, 0.29) is 22.4 Å². The molecule has 4 rings (SSSR count). The van der Waals surface area contributed by atoms with E-state index in [1.807, 2.05) is 18.2 Å². The van der Waals surface area contributed by atoms with Gasteiger partial charge in [-0.2, -0.15) is 0 Å². The van der Waals surface area contributed by atoms with Gasteiger partial charge in [-0.25, -0.2) is 0 Å². The van der Waals surface area contributed by atoms with Crippen LogP contribution in [0.5, 0.6) is 5.75 Å². The molecule has 2 atom stereocenters. The number of fused-ring (bicyclic) bond motifs is 2. The van der Waals surface area contributed by atoms with Crippen LogP contribution in [0.15, 0.2) is 54.6 Å². The SMILES string of the molecule is Br.O=C1C[C@@H]2C[C@](c3cccc(O)c3)(CCN2CCc2ccccc2)C1. The Morgan fingerprint density at radius 1 is 1.12 bits per heavy atom. The summed E-state index contributed by atoms with van der Waals surface area (Å²) >= 11 is 0. The Hall–Kier alpha value is -1.65. The maximum atomic E-state index is 12.5. The van der Waals surface area contributed by atoms with Crippen molar-refractivity contribution < 1.29 is 9.90 Å². The number of phenolic OH excluding ortho intramolecular Hbond substituents is 1. The molecule has 1 aliphatic carbocycles. The zero-order valence-corrected chi connectivity index (χ0v) is 16.6. The average molecular weight is 416 g/mol. The molecule has 0 spiro atoms. The number of aromatic hydroxyl groups is 1. The number of likely N-dealkylation sites (tertiary alicyclic amines) is 1. The van der Waals surface area contributed by atoms with Crippen molar-refractivity contribution in [3.8, 4) is 5.75 Å². The van der Waals surface area contributed by atoms with Crippen LogP contribution in [0, 0.1) is 0 Å². The van der Waals surface area contributed by atoms with Crippen molar-refractivity contribution in [2.75, 3.05) is 13.1 Å². The Labute approximate surface area is 165 Å². The predicted molar refractivity (Wildman–Crippen MR) is 109 cm³/mol. The first kappa shape index (κ1) is 19.1. The number of halogens is 1. The highest BCUT2D eigenvalue weighted by Gasteiger charge is 2.46. The van der Waals surface area contributed by atoms with Crippen LogP contribution in [-0.2, 0) is 16.6 Å². The van der Waals surface area contributed by atoms with Crippen LogP contribution in [0.3, 0.4) is 0 Å². The molecule has 26 heavy (non-hydrogen) atoms. The minimum Gasteiger partial charge on any atom is -0.508 e. The molecule has 2 aliphatic rings. The van der Waals surface area contributed by atoms with Gasteiger partial charge in [-0.3, -0.25) is 9.69 Å². The van der Waals surface area contributed by atoms with Crippen molar-refractivity contribution in [2.45, 2.75) is 43.6 Å². The summed E-state index contributed by atoms with van der Waals surface area (Å²) in [5.41, 5.74) is 2.41. The zero-order valence-electron chi connectivity index (χ0n) is 14.9. The lowest BCUT2D eigenvalue weighted by Gasteiger charge is -2.50. The van der Waals surface area contributed by atoms with Gasteiger partial charge in [-0.1, -0.05) is 42.5 Å². The van der Waals surface area contributed by atoms with Gasteiger partial charge in [0, 0.05) is 30.8 Å². The molecular formula is C22H26BrNO2. The minimum absolute atomic E-state index is 0. The number of nitrogens with zero attached hydrogens (tertiary/aromatic N) is 1. The first-order chi connectivity index (χ1) is 12.1. The highest BCUT2D eigenvalue weighted by molar-refractivity contribution is 8.93. The van der Waals surface area contributed by atoms with E-state index in [4.69, 9.17) is 0 Å². The van der Waals surface area contributed by atoms with Crippen molar-refractivity contribution in [3.63, 3.8) is 0 Å². The van der Waals surface area contributed by atoms with Crippen molar-refractivity contribution in [3.05, 3.63) is 65.7 Å². The molecule has 1 saturated heterocycles. The summed E-state index contributed by atoms with van der Waals surface area (Å²) in [7, 11) is 0. The van der Waals surface area contributed by atoms with Crippen LogP contribution in [0.2, 0.25) is 0 Å². The summed E-state index contributed by atoms with van der Waals surface area (Å²) in [5.74, 6) is 0.664. The van der Waals surface area contributed by atoms with Gasteiger partial charge in [0.1, 0.15) is 11.5 Å². The van der Waals surface area contributed by atoms with Crippen LogP contribution in [-0.4, -0.2) is 34.9 Å². The van der Waals surface area contributed by atoms with E-state index in [9.17, 15) is 9.90 Å². The second-order valence-corrected chi connectivity index (χ2v) is 7.63. The number of benzene rings is 2. The third-order valence-corrected chi connectivity index (χ3v) is 6.01. The number of carbonyl (C=O) groups is 1. The molecule has 0 radical (unpaired) electrons. The molecular weight excluding hydrogens is 390 g/mol. The molecule has 2 fully saturated rings. The molecule has 2 bridgehead atoms. The second-order valence-electron chi connectivity index (χ2n) is 7.63. The molecule has 138 valence electrons. The van der Waals surface area contributed by atoms with Crippen LogP contribution >= 0.6 is 17.0 Å². The molecule has 0 unspecified atom stereocenters. The summed E-state index contributed by atoms with van der Waals surface area (Å²) in [6.07, 6.45) is 4.35. The van der Waals surface area contributed by atoms with Gasteiger partial charge in [-0.05, 0) is 49.1 Å². The summed E-state index contributed by atoms with van der Waals surface area (Å²) < 4.78 is 0. The molecule has 2 aromatic carbocycles. The van der Waals surface area contributed by atoms with Crippen molar-refractivity contribution in [1.82, 2.24) is 4.90 Å². The standard InChI is InChI=1S/C22H25NO2.BrH/c24-20-8-4-7-18(13-20)22-10-12-23(19(15-22)14-21(25)16-22)11-9-17-5-2-1-3-6-17;/h1-8,13,19,24H,9-12,14-16H2;1H/t19-,22-;/m1./s1. The Balaban J connectivity index is 0.00000196. The highest BCUT2D eigenvalue weighted by atomic mass is 79.9. The van der Waals surface area contributed by atoms with E-state index in [2.05, 4.69) is 35.2 Å². The molecule has 4 heteroatoms. The Bertz CT molecular complexity index is 764. The molecule has 3 nitrogen and oxygen atoms in total. The lowest BCUT2D eigenvalue weighted by atomic mass is 9.63. The maximum Gasteiger partial charge on any atom is 0.135 e.